The van der Waals surface area contributed by atoms with Gasteiger partial charge in [0, 0.05) is 12.6 Å². The molecule has 0 aliphatic carbocycles. The molecule has 15 heavy (non-hydrogen) atoms. The second-order valence-electron chi connectivity index (χ2n) is 4.16. The molecule has 0 atom stereocenters. The van der Waals surface area contributed by atoms with Crippen LogP contribution in [0.3, 0.4) is 0 Å². The maximum atomic E-state index is 5.89. The van der Waals surface area contributed by atoms with E-state index in [2.05, 4.69) is 25.9 Å². The van der Waals surface area contributed by atoms with Gasteiger partial charge in [0.2, 0.25) is 0 Å². The van der Waals surface area contributed by atoms with E-state index in [1.165, 1.54) is 6.42 Å². The Labute approximate surface area is 96.4 Å². The number of hydrogen-bond donors (Lipinski definition) is 1. The fraction of sp³-hybridized carbons (Fsp3) is 0.727. The maximum absolute atomic E-state index is 5.89. The van der Waals surface area contributed by atoms with Gasteiger partial charge in [0.25, 0.3) is 0 Å². The predicted octanol–water partition coefficient (Wildman–Crippen LogP) is 3.01. The number of aromatic nitrogens is 2. The highest BCUT2D eigenvalue weighted by molar-refractivity contribution is 7.99. The molecule has 2 N–H and O–H groups in total. The summed E-state index contributed by atoms with van der Waals surface area (Å²) >= 11 is 1.78. The van der Waals surface area contributed by atoms with E-state index in [1.54, 1.807) is 11.8 Å². The molecule has 1 rings (SSSR count). The van der Waals surface area contributed by atoms with Gasteiger partial charge < -0.3 is 5.73 Å². The van der Waals surface area contributed by atoms with Crippen LogP contribution in [0.5, 0.6) is 0 Å². The first-order valence-electron chi connectivity index (χ1n) is 5.59. The van der Waals surface area contributed by atoms with Gasteiger partial charge in [0.1, 0.15) is 10.8 Å². The van der Waals surface area contributed by atoms with Crippen molar-refractivity contribution in [1.29, 1.82) is 0 Å². The quantitative estimate of drug-likeness (QED) is 0.760. The minimum atomic E-state index is 0.695. The third-order valence-corrected chi connectivity index (χ3v) is 3.27. The molecule has 0 fully saturated rings. The summed E-state index contributed by atoms with van der Waals surface area (Å²) < 4.78 is 1.91. The summed E-state index contributed by atoms with van der Waals surface area (Å²) in [5.41, 5.74) is 5.89. The minimum absolute atomic E-state index is 0.695. The van der Waals surface area contributed by atoms with Gasteiger partial charge in [-0.1, -0.05) is 20.8 Å². The summed E-state index contributed by atoms with van der Waals surface area (Å²) in [6.45, 7) is 7.53. The van der Waals surface area contributed by atoms with Gasteiger partial charge >= 0.3 is 0 Å². The average molecular weight is 227 g/mol. The Morgan fingerprint density at radius 1 is 1.53 bits per heavy atom. The van der Waals surface area contributed by atoms with E-state index < -0.39 is 0 Å². The highest BCUT2D eigenvalue weighted by Crippen LogP contribution is 2.20. The number of hydrogen-bond acceptors (Lipinski definition) is 3. The zero-order valence-electron chi connectivity index (χ0n) is 9.86. The monoisotopic (exact) mass is 227 g/mol. The van der Waals surface area contributed by atoms with Crippen LogP contribution in [0.15, 0.2) is 11.1 Å². The molecule has 0 bridgehead atoms. The summed E-state index contributed by atoms with van der Waals surface area (Å²) in [5, 5.41) is 5.53. The molecule has 1 heterocycles. The molecule has 0 aliphatic heterocycles. The molecule has 3 nitrogen and oxygen atoms in total. The van der Waals surface area contributed by atoms with E-state index in [4.69, 9.17) is 5.73 Å². The molecule has 0 aromatic carbocycles. The van der Waals surface area contributed by atoms with Crippen molar-refractivity contribution in [2.45, 2.75) is 45.2 Å². The molecule has 0 spiro atoms. The Bertz CT molecular complexity index is 294. The van der Waals surface area contributed by atoms with E-state index in [9.17, 15) is 0 Å². The van der Waals surface area contributed by atoms with Gasteiger partial charge in [0.15, 0.2) is 0 Å². The molecule has 0 radical (unpaired) electrons. The summed E-state index contributed by atoms with van der Waals surface area (Å²) in [7, 11) is 0. The summed E-state index contributed by atoms with van der Waals surface area (Å²) in [6.07, 6.45) is 2.30. The zero-order chi connectivity index (χ0) is 11.3. The van der Waals surface area contributed by atoms with Gasteiger partial charge in [-0.3, -0.25) is 0 Å². The lowest BCUT2D eigenvalue weighted by molar-refractivity contribution is 0.486. The Kier molecular flexibility index (Phi) is 5.02. The van der Waals surface area contributed by atoms with E-state index in [0.717, 1.165) is 29.6 Å². The topological polar surface area (TPSA) is 43.8 Å². The average Bonchev–Trinajstić information content (AvgIpc) is 2.53. The SMILES string of the molecule is CCCSc1cc(N)n(CCC(C)C)n1. The predicted molar refractivity (Wildman–Crippen MR) is 67.1 cm³/mol. The molecule has 0 unspecified atom stereocenters. The third-order valence-electron chi connectivity index (χ3n) is 2.16. The van der Waals surface area contributed by atoms with Crippen molar-refractivity contribution in [3.8, 4) is 0 Å². The van der Waals surface area contributed by atoms with Crippen LogP contribution in [0, 0.1) is 5.92 Å². The fourth-order valence-electron chi connectivity index (χ4n) is 1.24. The zero-order valence-corrected chi connectivity index (χ0v) is 10.7. The number of anilines is 1. The Morgan fingerprint density at radius 2 is 2.27 bits per heavy atom. The molecule has 1 aromatic rings. The van der Waals surface area contributed by atoms with Crippen molar-refractivity contribution in [3.63, 3.8) is 0 Å². The van der Waals surface area contributed by atoms with E-state index in [0.29, 0.717) is 5.92 Å². The highest BCUT2D eigenvalue weighted by atomic mass is 32.2. The van der Waals surface area contributed by atoms with Crippen LogP contribution < -0.4 is 5.73 Å². The van der Waals surface area contributed by atoms with Crippen molar-refractivity contribution in [2.24, 2.45) is 5.92 Å². The molecular formula is C11H21N3S. The standard InChI is InChI=1S/C11H21N3S/c1-4-7-15-11-8-10(12)14(13-11)6-5-9(2)3/h8-9H,4-7,12H2,1-3H3. The van der Waals surface area contributed by atoms with Crippen LogP contribution >= 0.6 is 11.8 Å². The maximum Gasteiger partial charge on any atom is 0.122 e. The molecule has 0 amide bonds. The summed E-state index contributed by atoms with van der Waals surface area (Å²) in [4.78, 5) is 0. The van der Waals surface area contributed by atoms with Crippen molar-refractivity contribution in [3.05, 3.63) is 6.07 Å². The van der Waals surface area contributed by atoms with Crippen molar-refractivity contribution in [2.75, 3.05) is 11.5 Å². The first kappa shape index (κ1) is 12.4. The van der Waals surface area contributed by atoms with Crippen molar-refractivity contribution in [1.82, 2.24) is 9.78 Å². The molecule has 1 aromatic heterocycles. The van der Waals surface area contributed by atoms with Gasteiger partial charge in [-0.05, 0) is 24.5 Å². The number of rotatable bonds is 6. The van der Waals surface area contributed by atoms with E-state index >= 15 is 0 Å². The smallest absolute Gasteiger partial charge is 0.122 e. The van der Waals surface area contributed by atoms with Gasteiger partial charge in [-0.15, -0.1) is 11.8 Å². The summed E-state index contributed by atoms with van der Waals surface area (Å²) in [5.74, 6) is 2.59. The Hall–Kier alpha value is -0.640. The van der Waals surface area contributed by atoms with Crippen LogP contribution in [-0.2, 0) is 6.54 Å². The normalized spacial score (nSPS) is 11.2. The van der Waals surface area contributed by atoms with Crippen molar-refractivity contribution >= 4 is 17.6 Å². The lowest BCUT2D eigenvalue weighted by Gasteiger charge is -2.05. The van der Waals surface area contributed by atoms with E-state index in [1.807, 2.05) is 10.7 Å². The number of nitrogens with zero attached hydrogens (tertiary/aromatic N) is 2. The largest absolute Gasteiger partial charge is 0.384 e. The number of nitrogen functional groups attached to an aromatic ring is 1. The first-order chi connectivity index (χ1) is 7.13. The fourth-order valence-corrected chi connectivity index (χ4v) is 2.02. The van der Waals surface area contributed by atoms with E-state index in [-0.39, 0.29) is 0 Å². The number of aryl methyl sites for hydroxylation is 1. The van der Waals surface area contributed by atoms with Gasteiger partial charge in [-0.25, -0.2) is 4.68 Å². The summed E-state index contributed by atoms with van der Waals surface area (Å²) in [6, 6.07) is 1.97. The van der Waals surface area contributed by atoms with Crippen LogP contribution in [0.25, 0.3) is 0 Å². The second-order valence-corrected chi connectivity index (χ2v) is 5.28. The molecular weight excluding hydrogens is 206 g/mol. The number of nitrogens with two attached hydrogens (primary N) is 1. The van der Waals surface area contributed by atoms with Crippen LogP contribution in [-0.4, -0.2) is 15.5 Å². The van der Waals surface area contributed by atoms with Crippen LogP contribution in [0.1, 0.15) is 33.6 Å². The van der Waals surface area contributed by atoms with Crippen LogP contribution in [0.2, 0.25) is 0 Å². The molecule has 0 aliphatic rings. The van der Waals surface area contributed by atoms with Crippen molar-refractivity contribution < 1.29 is 0 Å². The first-order valence-corrected chi connectivity index (χ1v) is 6.58. The highest BCUT2D eigenvalue weighted by Gasteiger charge is 2.05. The van der Waals surface area contributed by atoms with Gasteiger partial charge in [-0.2, -0.15) is 5.10 Å². The molecule has 4 heteroatoms. The minimum Gasteiger partial charge on any atom is -0.384 e. The Morgan fingerprint density at radius 3 is 2.87 bits per heavy atom. The van der Waals surface area contributed by atoms with Crippen LogP contribution in [0.4, 0.5) is 5.82 Å². The molecule has 86 valence electrons. The second kappa shape index (κ2) is 6.05. The molecule has 0 saturated heterocycles. The van der Waals surface area contributed by atoms with Gasteiger partial charge in [0.05, 0.1) is 0 Å². The Balaban J connectivity index is 2.52. The third kappa shape index (κ3) is 4.16. The lowest BCUT2D eigenvalue weighted by Crippen LogP contribution is -2.06. The molecule has 0 saturated carbocycles. The lowest BCUT2D eigenvalue weighted by atomic mass is 10.1. The number of thioether (sulfide) groups is 1.